The molecule has 5 nitrogen and oxygen atoms in total. The first-order chi connectivity index (χ1) is 23.5. The van der Waals surface area contributed by atoms with E-state index in [9.17, 15) is 4.79 Å². The van der Waals surface area contributed by atoms with E-state index in [2.05, 4.69) is 110 Å². The van der Waals surface area contributed by atoms with Gasteiger partial charge in [0.1, 0.15) is 18.5 Å². The Balaban J connectivity index is 1.19. The van der Waals surface area contributed by atoms with Gasteiger partial charge in [0.25, 0.3) is 0 Å². The summed E-state index contributed by atoms with van der Waals surface area (Å²) in [5.41, 5.74) is 10.5. The largest absolute Gasteiger partial charge is 0.491 e. The van der Waals surface area contributed by atoms with Crippen molar-refractivity contribution in [3.05, 3.63) is 160 Å². The molecule has 5 aromatic rings. The molecule has 6 rings (SSSR count). The normalized spacial score (nSPS) is 14.7. The van der Waals surface area contributed by atoms with Crippen LogP contribution >= 0.6 is 0 Å². The smallest absolute Gasteiger partial charge is 0.335 e. The molecule has 3 atom stereocenters. The summed E-state index contributed by atoms with van der Waals surface area (Å²) in [5.74, 6) is 0.653. The van der Waals surface area contributed by atoms with E-state index in [4.69, 9.17) is 18.9 Å². The molecule has 0 radical (unpaired) electrons. The summed E-state index contributed by atoms with van der Waals surface area (Å²) in [6.45, 7) is 5.17. The first kappa shape index (κ1) is 33.0. The van der Waals surface area contributed by atoms with Gasteiger partial charge in [0.2, 0.25) is 0 Å². The zero-order chi connectivity index (χ0) is 33.3. The van der Waals surface area contributed by atoms with E-state index in [0.717, 1.165) is 33.6 Å². The quantitative estimate of drug-likeness (QED) is 0.0951. The number of ether oxygens (including phenoxy) is 4. The van der Waals surface area contributed by atoms with Crippen molar-refractivity contribution in [3.63, 3.8) is 0 Å². The van der Waals surface area contributed by atoms with E-state index in [1.807, 2.05) is 30.3 Å². The fourth-order valence-corrected chi connectivity index (χ4v) is 6.23. The van der Waals surface area contributed by atoms with Gasteiger partial charge in [-0.05, 0) is 75.2 Å². The highest BCUT2D eigenvalue weighted by atomic mass is 16.6. The van der Waals surface area contributed by atoms with E-state index in [1.54, 1.807) is 6.92 Å². The molecule has 0 saturated carbocycles. The highest BCUT2D eigenvalue weighted by molar-refractivity contribution is 5.79. The van der Waals surface area contributed by atoms with Crippen LogP contribution in [-0.2, 0) is 25.4 Å². The highest BCUT2D eigenvalue weighted by Gasteiger charge is 2.24. The number of carbonyl (C=O) groups excluding carboxylic acids is 1. The molecule has 0 heterocycles. The monoisotopic (exact) mass is 638 g/mol. The second-order valence-electron chi connectivity index (χ2n) is 12.0. The van der Waals surface area contributed by atoms with Crippen LogP contribution in [0.4, 0.5) is 0 Å². The van der Waals surface area contributed by atoms with Gasteiger partial charge >= 0.3 is 5.97 Å². The fourth-order valence-electron chi connectivity index (χ4n) is 6.23. The van der Waals surface area contributed by atoms with E-state index in [-0.39, 0.29) is 18.0 Å². The van der Waals surface area contributed by atoms with E-state index in [1.165, 1.54) is 29.4 Å². The van der Waals surface area contributed by atoms with E-state index in [0.29, 0.717) is 26.2 Å². The predicted molar refractivity (Wildman–Crippen MR) is 192 cm³/mol. The summed E-state index contributed by atoms with van der Waals surface area (Å²) in [7, 11) is 1.52. The Bertz CT molecular complexity index is 1830. The van der Waals surface area contributed by atoms with Gasteiger partial charge in [-0.2, -0.15) is 0 Å². The number of carbonyl (C=O) groups is 1. The lowest BCUT2D eigenvalue weighted by molar-refractivity contribution is -0.154. The van der Waals surface area contributed by atoms with Crippen LogP contribution in [0.1, 0.15) is 64.8 Å². The Kier molecular flexibility index (Phi) is 10.8. The van der Waals surface area contributed by atoms with Gasteiger partial charge in [-0.3, -0.25) is 0 Å². The molecular weight excluding hydrogens is 596 g/mol. The van der Waals surface area contributed by atoms with Crippen molar-refractivity contribution in [2.24, 2.45) is 0 Å². The van der Waals surface area contributed by atoms with Crippen LogP contribution in [-0.4, -0.2) is 39.0 Å². The lowest BCUT2D eigenvalue weighted by Crippen LogP contribution is -2.27. The Morgan fingerprint density at radius 2 is 1.38 bits per heavy atom. The number of benzene rings is 5. The Labute approximate surface area is 283 Å². The highest BCUT2D eigenvalue weighted by Crippen LogP contribution is 2.39. The minimum Gasteiger partial charge on any atom is -0.491 e. The molecule has 0 amide bonds. The van der Waals surface area contributed by atoms with Gasteiger partial charge in [-0.25, -0.2) is 4.79 Å². The zero-order valence-corrected chi connectivity index (χ0v) is 27.8. The molecule has 5 heteroatoms. The van der Waals surface area contributed by atoms with Crippen LogP contribution in [0, 0.1) is 0 Å². The van der Waals surface area contributed by atoms with Gasteiger partial charge in [-0.1, -0.05) is 122 Å². The van der Waals surface area contributed by atoms with Crippen molar-refractivity contribution in [3.8, 4) is 16.9 Å². The Morgan fingerprint density at radius 1 is 0.708 bits per heavy atom. The number of hydrogen-bond donors (Lipinski definition) is 0. The molecule has 0 bridgehead atoms. The molecule has 244 valence electrons. The maximum Gasteiger partial charge on any atom is 0.335 e. The minimum atomic E-state index is -0.633. The van der Waals surface area contributed by atoms with Gasteiger partial charge < -0.3 is 18.9 Å². The van der Waals surface area contributed by atoms with Gasteiger partial charge in [0.15, 0.2) is 6.10 Å². The number of esters is 1. The third kappa shape index (κ3) is 7.76. The van der Waals surface area contributed by atoms with E-state index < -0.39 is 6.10 Å². The van der Waals surface area contributed by atoms with Crippen LogP contribution < -0.4 is 4.74 Å². The molecule has 0 aromatic heterocycles. The van der Waals surface area contributed by atoms with Crippen molar-refractivity contribution in [1.82, 2.24) is 0 Å². The van der Waals surface area contributed by atoms with Crippen LogP contribution in [0.25, 0.3) is 23.3 Å². The topological polar surface area (TPSA) is 54.0 Å². The standard InChI is InChI=1S/C43H42O5/c1-4-46-43(44)41(45-3)27-31-15-21-38(22-16-31)47-25-26-48-42-39-23-19-34(30(2)32-11-7-5-8-12-32)28-36(39)17-18-37-29-35(20-24-40(37)42)33-13-9-6-10-14-33/h5-24,28-30,41-42H,4,25-27H2,1-3H3. The minimum absolute atomic E-state index is 0.254. The van der Waals surface area contributed by atoms with Crippen molar-refractivity contribution >= 4 is 18.1 Å². The van der Waals surface area contributed by atoms with Gasteiger partial charge in [0, 0.05) is 19.4 Å². The SMILES string of the molecule is CCOC(=O)C(Cc1ccc(OCCOC2c3ccc(-c4ccccc4)cc3C=Cc3cc(C(C)c4ccccc4)ccc32)cc1)OC. The number of fused-ring (bicyclic) bond motifs is 2. The van der Waals surface area contributed by atoms with Crippen LogP contribution in [0.2, 0.25) is 0 Å². The first-order valence-electron chi connectivity index (χ1n) is 16.6. The second kappa shape index (κ2) is 15.7. The fraction of sp³-hybridized carbons (Fsp3) is 0.233. The first-order valence-corrected chi connectivity index (χ1v) is 16.6. The molecule has 0 spiro atoms. The third-order valence-electron chi connectivity index (χ3n) is 8.93. The second-order valence-corrected chi connectivity index (χ2v) is 12.0. The summed E-state index contributed by atoms with van der Waals surface area (Å²) in [5, 5.41) is 0. The van der Waals surface area contributed by atoms with E-state index >= 15 is 0 Å². The zero-order valence-electron chi connectivity index (χ0n) is 27.8. The van der Waals surface area contributed by atoms with Crippen LogP contribution in [0.5, 0.6) is 5.75 Å². The third-order valence-corrected chi connectivity index (χ3v) is 8.93. The average Bonchev–Trinajstić information content (AvgIpc) is 3.29. The summed E-state index contributed by atoms with van der Waals surface area (Å²) in [6, 6.07) is 42.2. The molecule has 48 heavy (non-hydrogen) atoms. The van der Waals surface area contributed by atoms with Gasteiger partial charge in [-0.15, -0.1) is 0 Å². The lowest BCUT2D eigenvalue weighted by atomic mass is 9.88. The molecule has 1 aliphatic carbocycles. The summed E-state index contributed by atoms with van der Waals surface area (Å²) in [4.78, 5) is 12.1. The average molecular weight is 639 g/mol. The molecule has 0 N–H and O–H groups in total. The summed E-state index contributed by atoms with van der Waals surface area (Å²) >= 11 is 0. The van der Waals surface area contributed by atoms with Crippen LogP contribution in [0.3, 0.4) is 0 Å². The Hall–Kier alpha value is -4.97. The number of rotatable bonds is 13. The van der Waals surface area contributed by atoms with Crippen molar-refractivity contribution in [2.75, 3.05) is 26.9 Å². The van der Waals surface area contributed by atoms with Gasteiger partial charge in [0.05, 0.1) is 13.2 Å². The van der Waals surface area contributed by atoms with Crippen molar-refractivity contribution in [1.29, 1.82) is 0 Å². The molecule has 1 aliphatic rings. The number of methoxy groups -OCH3 is 1. The summed E-state index contributed by atoms with van der Waals surface area (Å²) in [6.07, 6.45) is 3.99. The van der Waals surface area contributed by atoms with Crippen molar-refractivity contribution < 1.29 is 23.7 Å². The maximum absolute atomic E-state index is 12.1. The molecule has 0 aliphatic heterocycles. The molecular formula is C43H42O5. The number of hydrogen-bond acceptors (Lipinski definition) is 5. The predicted octanol–water partition coefficient (Wildman–Crippen LogP) is 9.29. The molecule has 0 fully saturated rings. The maximum atomic E-state index is 12.1. The molecule has 0 saturated heterocycles. The lowest BCUT2D eigenvalue weighted by Gasteiger charge is -2.23. The molecule has 5 aromatic carbocycles. The molecule has 3 unspecified atom stereocenters. The Morgan fingerprint density at radius 3 is 2.06 bits per heavy atom. The van der Waals surface area contributed by atoms with Crippen LogP contribution in [0.15, 0.2) is 121 Å². The summed E-state index contributed by atoms with van der Waals surface area (Å²) < 4.78 is 23.2. The van der Waals surface area contributed by atoms with Crippen molar-refractivity contribution in [2.45, 2.75) is 38.4 Å².